The third-order valence-electron chi connectivity index (χ3n) is 5.12. The Morgan fingerprint density at radius 1 is 1.12 bits per heavy atom. The fourth-order valence-electron chi connectivity index (χ4n) is 4.13. The number of fused-ring (bicyclic) bond motifs is 1. The molecule has 2 aromatic rings. The first-order valence-electron chi connectivity index (χ1n) is 9.06. The van der Waals surface area contributed by atoms with Gasteiger partial charge in [-0.25, -0.2) is 9.78 Å². The quantitative estimate of drug-likeness (QED) is 0.792. The van der Waals surface area contributed by atoms with Gasteiger partial charge in [0.05, 0.1) is 13.1 Å². The number of piperidine rings is 1. The molecule has 0 N–H and O–H groups in total. The third kappa shape index (κ3) is 3.25. The minimum absolute atomic E-state index is 0.0539. The predicted molar refractivity (Wildman–Crippen MR) is 99.1 cm³/mol. The van der Waals surface area contributed by atoms with Crippen molar-refractivity contribution in [1.29, 1.82) is 0 Å². The molecule has 0 bridgehead atoms. The number of imidazole rings is 1. The molecule has 0 unspecified atom stereocenters. The van der Waals surface area contributed by atoms with Crippen molar-refractivity contribution >= 4 is 16.9 Å². The number of hydrogen-bond donors (Lipinski definition) is 0. The molecule has 1 saturated heterocycles. The van der Waals surface area contributed by atoms with Gasteiger partial charge in [0, 0.05) is 27.2 Å². The summed E-state index contributed by atoms with van der Waals surface area (Å²) in [6.07, 6.45) is 1.20. The molecule has 1 fully saturated rings. The normalized spacial score (nSPS) is 21.4. The number of Topliss-reactive ketones (excluding diaryl/α,β-unsaturated/α-hetero) is 1. The van der Waals surface area contributed by atoms with Crippen molar-refractivity contribution in [3.05, 3.63) is 26.7 Å². The maximum atomic E-state index is 12.7. The zero-order valence-electron chi connectivity index (χ0n) is 16.2. The number of aryl methyl sites for hydroxylation is 1. The lowest BCUT2D eigenvalue weighted by Crippen LogP contribution is -2.39. The van der Waals surface area contributed by atoms with Crippen LogP contribution in [-0.2, 0) is 32.0 Å². The minimum Gasteiger partial charge on any atom is -0.314 e. The van der Waals surface area contributed by atoms with E-state index in [1.54, 1.807) is 11.6 Å². The zero-order chi connectivity index (χ0) is 19.2. The van der Waals surface area contributed by atoms with Gasteiger partial charge in [-0.05, 0) is 25.2 Å². The second-order valence-corrected chi connectivity index (χ2v) is 7.83. The summed E-state index contributed by atoms with van der Waals surface area (Å²) >= 11 is 0. The van der Waals surface area contributed by atoms with Gasteiger partial charge >= 0.3 is 5.69 Å². The van der Waals surface area contributed by atoms with Crippen LogP contribution < -0.4 is 11.2 Å². The van der Waals surface area contributed by atoms with E-state index >= 15 is 0 Å². The smallest absolute Gasteiger partial charge is 0.314 e. The number of ketones is 1. The van der Waals surface area contributed by atoms with Crippen LogP contribution in [0.2, 0.25) is 0 Å². The molecule has 8 heteroatoms. The van der Waals surface area contributed by atoms with Gasteiger partial charge in [-0.1, -0.05) is 13.8 Å². The van der Waals surface area contributed by atoms with E-state index in [-0.39, 0.29) is 12.3 Å². The lowest BCUT2D eigenvalue weighted by atomic mass is 9.92. The van der Waals surface area contributed by atoms with Crippen molar-refractivity contribution in [2.24, 2.45) is 25.9 Å². The van der Waals surface area contributed by atoms with Crippen molar-refractivity contribution in [3.63, 3.8) is 0 Å². The summed E-state index contributed by atoms with van der Waals surface area (Å²) in [4.78, 5) is 43.6. The van der Waals surface area contributed by atoms with Crippen molar-refractivity contribution in [1.82, 2.24) is 23.6 Å². The summed E-state index contributed by atoms with van der Waals surface area (Å²) < 4.78 is 4.12. The SMILES string of the molecule is CC(=O)Cn1c(CN2C[C@@H](C)C[C@H](C)C2)nc2c1c(=O)n(C)c(=O)n2C. The monoisotopic (exact) mass is 361 g/mol. The molecule has 2 atom stereocenters. The molecule has 1 aliphatic rings. The minimum atomic E-state index is -0.415. The van der Waals surface area contributed by atoms with Crippen LogP contribution >= 0.6 is 0 Å². The van der Waals surface area contributed by atoms with Gasteiger partial charge in [0.1, 0.15) is 11.6 Å². The van der Waals surface area contributed by atoms with Crippen LogP contribution in [0.3, 0.4) is 0 Å². The van der Waals surface area contributed by atoms with Gasteiger partial charge in [0.2, 0.25) is 0 Å². The first-order chi connectivity index (χ1) is 12.2. The van der Waals surface area contributed by atoms with Crippen molar-refractivity contribution in [3.8, 4) is 0 Å². The predicted octanol–water partition coefficient (Wildman–Crippen LogP) is 0.501. The van der Waals surface area contributed by atoms with E-state index in [2.05, 4.69) is 23.7 Å². The number of hydrogen-bond acceptors (Lipinski definition) is 5. The number of likely N-dealkylation sites (tertiary alicyclic amines) is 1. The van der Waals surface area contributed by atoms with Crippen molar-refractivity contribution in [2.75, 3.05) is 13.1 Å². The number of aromatic nitrogens is 4. The van der Waals surface area contributed by atoms with E-state index in [0.29, 0.717) is 35.4 Å². The van der Waals surface area contributed by atoms with Crippen LogP contribution in [0.5, 0.6) is 0 Å². The molecule has 0 aromatic carbocycles. The Hall–Kier alpha value is -2.22. The molecule has 0 radical (unpaired) electrons. The largest absolute Gasteiger partial charge is 0.332 e. The number of rotatable bonds is 4. The Kier molecular flexibility index (Phi) is 4.88. The van der Waals surface area contributed by atoms with E-state index in [1.807, 2.05) is 0 Å². The summed E-state index contributed by atoms with van der Waals surface area (Å²) in [5, 5.41) is 0. The van der Waals surface area contributed by atoms with Crippen molar-refractivity contribution in [2.45, 2.75) is 40.3 Å². The molecule has 2 aromatic heterocycles. The Balaban J connectivity index is 2.14. The maximum absolute atomic E-state index is 12.7. The molecule has 1 aliphatic heterocycles. The molecule has 0 amide bonds. The Morgan fingerprint density at radius 2 is 1.73 bits per heavy atom. The van der Waals surface area contributed by atoms with E-state index in [9.17, 15) is 14.4 Å². The van der Waals surface area contributed by atoms with Gasteiger partial charge in [-0.2, -0.15) is 0 Å². The summed E-state index contributed by atoms with van der Waals surface area (Å²) in [5.74, 6) is 1.81. The number of carbonyl (C=O) groups is 1. The molecule has 0 aliphatic carbocycles. The van der Waals surface area contributed by atoms with E-state index in [0.717, 1.165) is 17.7 Å². The fourth-order valence-corrected chi connectivity index (χ4v) is 4.13. The number of nitrogens with zero attached hydrogens (tertiary/aromatic N) is 5. The second kappa shape index (κ2) is 6.83. The first-order valence-corrected chi connectivity index (χ1v) is 9.06. The van der Waals surface area contributed by atoms with Crippen LogP contribution in [0.15, 0.2) is 9.59 Å². The molecule has 0 spiro atoms. The molecule has 8 nitrogen and oxygen atoms in total. The average molecular weight is 361 g/mol. The molecular weight excluding hydrogens is 334 g/mol. The Morgan fingerprint density at radius 3 is 2.31 bits per heavy atom. The average Bonchev–Trinajstić information content (AvgIpc) is 2.88. The maximum Gasteiger partial charge on any atom is 0.332 e. The van der Waals surface area contributed by atoms with E-state index < -0.39 is 11.2 Å². The third-order valence-corrected chi connectivity index (χ3v) is 5.12. The topological polar surface area (TPSA) is 82.1 Å². The van der Waals surface area contributed by atoms with E-state index in [1.165, 1.54) is 25.0 Å². The van der Waals surface area contributed by atoms with Gasteiger partial charge in [0.15, 0.2) is 11.2 Å². The molecule has 0 saturated carbocycles. The van der Waals surface area contributed by atoms with Gasteiger partial charge in [0.25, 0.3) is 5.56 Å². The van der Waals surface area contributed by atoms with Crippen molar-refractivity contribution < 1.29 is 4.79 Å². The second-order valence-electron chi connectivity index (χ2n) is 7.83. The lowest BCUT2D eigenvalue weighted by molar-refractivity contribution is -0.117. The number of carbonyl (C=O) groups excluding carboxylic acids is 1. The fraction of sp³-hybridized carbons (Fsp3) is 0.667. The van der Waals surface area contributed by atoms with Crippen LogP contribution in [0, 0.1) is 11.8 Å². The van der Waals surface area contributed by atoms with Crippen LogP contribution in [0.4, 0.5) is 0 Å². The molecule has 142 valence electrons. The molecule has 26 heavy (non-hydrogen) atoms. The van der Waals surface area contributed by atoms with Gasteiger partial charge < -0.3 is 4.57 Å². The molecule has 3 heterocycles. The summed E-state index contributed by atoms with van der Waals surface area (Å²) in [5.41, 5.74) is -0.171. The highest BCUT2D eigenvalue weighted by Crippen LogP contribution is 2.23. The highest BCUT2D eigenvalue weighted by Gasteiger charge is 2.25. The van der Waals surface area contributed by atoms with Gasteiger partial charge in [-0.15, -0.1) is 0 Å². The molecular formula is C18H27N5O3. The Bertz CT molecular complexity index is 958. The summed E-state index contributed by atoms with van der Waals surface area (Å²) in [6, 6.07) is 0. The van der Waals surface area contributed by atoms with Crippen LogP contribution in [-0.4, -0.2) is 42.5 Å². The Labute approximate surface area is 152 Å². The highest BCUT2D eigenvalue weighted by atomic mass is 16.2. The van der Waals surface area contributed by atoms with Crippen LogP contribution in [0.25, 0.3) is 11.2 Å². The zero-order valence-corrected chi connectivity index (χ0v) is 16.2. The summed E-state index contributed by atoms with van der Waals surface area (Å²) in [6.45, 7) is 8.54. The highest BCUT2D eigenvalue weighted by molar-refractivity contribution is 5.79. The lowest BCUT2D eigenvalue weighted by Gasteiger charge is -2.34. The first kappa shape index (κ1) is 18.6. The standard InChI is InChI=1S/C18H27N5O3/c1-11-6-12(2)8-22(7-11)10-14-19-16-15(23(14)9-13(3)24)17(25)21(5)18(26)20(16)4/h11-12H,6-10H2,1-5H3/t11-,12-/m0/s1. The summed E-state index contributed by atoms with van der Waals surface area (Å²) in [7, 11) is 3.05. The van der Waals surface area contributed by atoms with Crippen LogP contribution in [0.1, 0.15) is 33.0 Å². The van der Waals surface area contributed by atoms with E-state index in [4.69, 9.17) is 0 Å². The molecule has 3 rings (SSSR count). The van der Waals surface area contributed by atoms with Gasteiger partial charge in [-0.3, -0.25) is 23.6 Å².